The number of amides is 1. The third-order valence-corrected chi connectivity index (χ3v) is 3.54. The lowest BCUT2D eigenvalue weighted by molar-refractivity contribution is -0.123. The van der Waals surface area contributed by atoms with Crippen molar-refractivity contribution < 1.29 is 9.53 Å². The van der Waals surface area contributed by atoms with Crippen molar-refractivity contribution in [3.8, 4) is 11.7 Å². The van der Waals surface area contributed by atoms with Gasteiger partial charge in [0.1, 0.15) is 6.33 Å². The van der Waals surface area contributed by atoms with Crippen LogP contribution in [0, 0.1) is 0 Å². The molecule has 1 heterocycles. The number of carbonyl (C=O) groups is 1. The summed E-state index contributed by atoms with van der Waals surface area (Å²) in [5.41, 5.74) is 0.898. The van der Waals surface area contributed by atoms with E-state index in [2.05, 4.69) is 15.4 Å². The van der Waals surface area contributed by atoms with Gasteiger partial charge in [0, 0.05) is 6.04 Å². The van der Waals surface area contributed by atoms with E-state index in [9.17, 15) is 4.79 Å². The number of para-hydroxylation sites is 1. The number of benzene rings is 1. The summed E-state index contributed by atoms with van der Waals surface area (Å²) in [5.74, 6) is -0.113. The van der Waals surface area contributed by atoms with Crippen LogP contribution in [0.5, 0.6) is 6.01 Å². The molecule has 1 aliphatic rings. The van der Waals surface area contributed by atoms with Crippen molar-refractivity contribution in [2.24, 2.45) is 0 Å². The Morgan fingerprint density at radius 1 is 1.29 bits per heavy atom. The smallest absolute Gasteiger partial charge is 0.336 e. The molecule has 1 aromatic carbocycles. The largest absolute Gasteiger partial charge is 0.452 e. The van der Waals surface area contributed by atoms with Gasteiger partial charge in [-0.25, -0.2) is 4.68 Å². The lowest BCUT2D eigenvalue weighted by Crippen LogP contribution is -2.36. The maximum atomic E-state index is 11.8. The third kappa shape index (κ3) is 3.59. The summed E-state index contributed by atoms with van der Waals surface area (Å²) in [7, 11) is 0. The van der Waals surface area contributed by atoms with Crippen LogP contribution in [0.25, 0.3) is 5.69 Å². The summed E-state index contributed by atoms with van der Waals surface area (Å²) in [6.07, 6.45) is 6.07. The van der Waals surface area contributed by atoms with Crippen molar-refractivity contribution >= 4 is 5.91 Å². The molecule has 0 unspecified atom stereocenters. The minimum Gasteiger partial charge on any atom is -0.452 e. The van der Waals surface area contributed by atoms with Gasteiger partial charge in [0.2, 0.25) is 0 Å². The Morgan fingerprint density at radius 2 is 2.05 bits per heavy atom. The van der Waals surface area contributed by atoms with Crippen LogP contribution in [0.1, 0.15) is 25.7 Å². The van der Waals surface area contributed by atoms with Crippen molar-refractivity contribution in [2.45, 2.75) is 31.7 Å². The van der Waals surface area contributed by atoms with Gasteiger partial charge in [-0.2, -0.15) is 4.98 Å². The molecule has 6 nitrogen and oxygen atoms in total. The van der Waals surface area contributed by atoms with Gasteiger partial charge in [-0.1, -0.05) is 31.0 Å². The molecule has 3 rings (SSSR count). The molecule has 0 atom stereocenters. The first-order chi connectivity index (χ1) is 10.3. The van der Waals surface area contributed by atoms with Crippen molar-refractivity contribution in [3.63, 3.8) is 0 Å². The number of hydrogen-bond donors (Lipinski definition) is 1. The van der Waals surface area contributed by atoms with Gasteiger partial charge in [0.25, 0.3) is 5.91 Å². The lowest BCUT2D eigenvalue weighted by atomic mass is 10.2. The molecule has 0 aliphatic heterocycles. The second-order valence-electron chi connectivity index (χ2n) is 5.14. The van der Waals surface area contributed by atoms with E-state index in [1.807, 2.05) is 30.3 Å². The van der Waals surface area contributed by atoms with E-state index < -0.39 is 0 Å². The molecular formula is C15H18N4O2. The first kappa shape index (κ1) is 13.6. The molecular weight excluding hydrogens is 268 g/mol. The number of hydrogen-bond acceptors (Lipinski definition) is 4. The van der Waals surface area contributed by atoms with Crippen LogP contribution in [0.15, 0.2) is 36.7 Å². The summed E-state index contributed by atoms with van der Waals surface area (Å²) in [6, 6.07) is 10.1. The average Bonchev–Trinajstić information content (AvgIpc) is 3.17. The first-order valence-corrected chi connectivity index (χ1v) is 7.20. The number of rotatable bonds is 5. The second kappa shape index (κ2) is 6.39. The summed E-state index contributed by atoms with van der Waals surface area (Å²) < 4.78 is 6.94. The van der Waals surface area contributed by atoms with Crippen molar-refractivity contribution in [2.75, 3.05) is 6.61 Å². The highest BCUT2D eigenvalue weighted by Gasteiger charge is 2.17. The highest BCUT2D eigenvalue weighted by Crippen LogP contribution is 2.17. The van der Waals surface area contributed by atoms with E-state index in [1.165, 1.54) is 12.8 Å². The average molecular weight is 286 g/mol. The summed E-state index contributed by atoms with van der Waals surface area (Å²) >= 11 is 0. The molecule has 1 aliphatic carbocycles. The first-order valence-electron chi connectivity index (χ1n) is 7.20. The van der Waals surface area contributed by atoms with Crippen LogP contribution in [0.4, 0.5) is 0 Å². The predicted molar refractivity (Wildman–Crippen MR) is 77.3 cm³/mol. The zero-order valence-corrected chi connectivity index (χ0v) is 11.7. The summed E-state index contributed by atoms with van der Waals surface area (Å²) in [5, 5.41) is 7.15. The van der Waals surface area contributed by atoms with Crippen LogP contribution in [0.2, 0.25) is 0 Å². The quantitative estimate of drug-likeness (QED) is 0.908. The Labute approximate surface area is 123 Å². The molecule has 0 saturated heterocycles. The molecule has 2 aromatic rings. The maximum absolute atomic E-state index is 11.8. The third-order valence-electron chi connectivity index (χ3n) is 3.54. The highest BCUT2D eigenvalue weighted by atomic mass is 16.5. The highest BCUT2D eigenvalue weighted by molar-refractivity contribution is 5.77. The molecule has 110 valence electrons. The number of nitrogens with zero attached hydrogens (tertiary/aromatic N) is 3. The Hall–Kier alpha value is -2.37. The van der Waals surface area contributed by atoms with Gasteiger partial charge >= 0.3 is 6.01 Å². The van der Waals surface area contributed by atoms with Gasteiger partial charge in [-0.05, 0) is 25.0 Å². The van der Waals surface area contributed by atoms with Crippen LogP contribution >= 0.6 is 0 Å². The standard InChI is InChI=1S/C15H18N4O2/c20-14(17-12-6-4-5-7-12)10-21-15-16-11-19(18-15)13-8-2-1-3-9-13/h1-3,8-9,11-12H,4-7,10H2,(H,17,20). The monoisotopic (exact) mass is 286 g/mol. The SMILES string of the molecule is O=C(COc1ncn(-c2ccccc2)n1)NC1CCCC1. The van der Waals surface area contributed by atoms with Gasteiger partial charge in [-0.3, -0.25) is 4.79 Å². The van der Waals surface area contributed by atoms with Gasteiger partial charge in [0.15, 0.2) is 6.61 Å². The molecule has 0 spiro atoms. The van der Waals surface area contributed by atoms with Crippen molar-refractivity contribution in [3.05, 3.63) is 36.7 Å². The number of ether oxygens (including phenoxy) is 1. The zero-order valence-electron chi connectivity index (χ0n) is 11.7. The molecule has 1 amide bonds. The van der Waals surface area contributed by atoms with Gasteiger partial charge in [-0.15, -0.1) is 5.10 Å². The minimum absolute atomic E-state index is 0.0463. The van der Waals surface area contributed by atoms with E-state index >= 15 is 0 Å². The van der Waals surface area contributed by atoms with E-state index in [1.54, 1.807) is 11.0 Å². The van der Waals surface area contributed by atoms with Gasteiger partial charge in [0.05, 0.1) is 5.69 Å². The van der Waals surface area contributed by atoms with Crippen molar-refractivity contribution in [1.29, 1.82) is 0 Å². The van der Waals surface area contributed by atoms with Crippen LogP contribution < -0.4 is 10.1 Å². The molecule has 21 heavy (non-hydrogen) atoms. The minimum atomic E-state index is -0.113. The summed E-state index contributed by atoms with van der Waals surface area (Å²) in [4.78, 5) is 15.8. The zero-order chi connectivity index (χ0) is 14.5. The Morgan fingerprint density at radius 3 is 2.81 bits per heavy atom. The normalized spacial score (nSPS) is 15.0. The molecule has 1 N–H and O–H groups in total. The second-order valence-corrected chi connectivity index (χ2v) is 5.14. The van der Waals surface area contributed by atoms with E-state index in [0.29, 0.717) is 6.04 Å². The van der Waals surface area contributed by atoms with Crippen LogP contribution in [-0.4, -0.2) is 33.3 Å². The fraction of sp³-hybridized carbons (Fsp3) is 0.400. The van der Waals surface area contributed by atoms with Crippen LogP contribution in [0.3, 0.4) is 0 Å². The number of aromatic nitrogens is 3. The molecule has 1 fully saturated rings. The maximum Gasteiger partial charge on any atom is 0.336 e. The number of nitrogens with one attached hydrogen (secondary N) is 1. The van der Waals surface area contributed by atoms with E-state index in [-0.39, 0.29) is 18.5 Å². The van der Waals surface area contributed by atoms with E-state index in [4.69, 9.17) is 4.74 Å². The fourth-order valence-electron chi connectivity index (χ4n) is 2.49. The molecule has 0 bridgehead atoms. The van der Waals surface area contributed by atoms with Crippen molar-refractivity contribution in [1.82, 2.24) is 20.1 Å². The number of carbonyl (C=O) groups excluding carboxylic acids is 1. The predicted octanol–water partition coefficient (Wildman–Crippen LogP) is 1.70. The fourth-order valence-corrected chi connectivity index (χ4v) is 2.49. The molecule has 1 aromatic heterocycles. The topological polar surface area (TPSA) is 69.0 Å². The van der Waals surface area contributed by atoms with Crippen LogP contribution in [-0.2, 0) is 4.79 Å². The lowest BCUT2D eigenvalue weighted by Gasteiger charge is -2.11. The van der Waals surface area contributed by atoms with Gasteiger partial charge < -0.3 is 10.1 Å². The molecule has 1 saturated carbocycles. The Kier molecular flexibility index (Phi) is 4.14. The Balaban J connectivity index is 1.51. The molecule has 0 radical (unpaired) electrons. The molecule has 6 heteroatoms. The van der Waals surface area contributed by atoms with E-state index in [0.717, 1.165) is 18.5 Å². The summed E-state index contributed by atoms with van der Waals surface area (Å²) in [6.45, 7) is -0.0463. The Bertz CT molecular complexity index is 591.